The van der Waals surface area contributed by atoms with Gasteiger partial charge in [-0.25, -0.2) is 0 Å². The lowest BCUT2D eigenvalue weighted by Crippen LogP contribution is -2.17. The molecule has 0 atom stereocenters. The lowest BCUT2D eigenvalue weighted by atomic mass is 10.1. The highest BCUT2D eigenvalue weighted by molar-refractivity contribution is 6.02. The first kappa shape index (κ1) is 14.8. The normalized spacial score (nSPS) is 15.0. The number of anilines is 1. The number of nitrogens with one attached hydrogen (secondary N) is 1. The average Bonchev–Trinajstić information content (AvgIpc) is 3.21. The average molecular weight is 319 g/mol. The van der Waals surface area contributed by atoms with Crippen molar-refractivity contribution in [1.82, 2.24) is 4.98 Å². The highest BCUT2D eigenvalue weighted by Crippen LogP contribution is 2.28. The molecule has 0 spiro atoms. The zero-order valence-corrected chi connectivity index (χ0v) is 13.8. The summed E-state index contributed by atoms with van der Waals surface area (Å²) in [5, 5.41) is 11.1. The maximum absolute atomic E-state index is 10.1. The number of fused-ring (bicyclic) bond motifs is 1. The van der Waals surface area contributed by atoms with Gasteiger partial charge in [0.1, 0.15) is 0 Å². The number of nitrogens with zero attached hydrogens (tertiary/aromatic N) is 2. The van der Waals surface area contributed by atoms with E-state index in [2.05, 4.69) is 27.0 Å². The number of aliphatic imine (C=N–C) groups is 1. The molecule has 0 aliphatic carbocycles. The fourth-order valence-corrected chi connectivity index (χ4v) is 3.31. The molecule has 2 N–H and O–H groups in total. The first-order valence-corrected chi connectivity index (χ1v) is 8.41. The Balaban J connectivity index is 1.59. The molecule has 3 aromatic rings. The molecule has 0 saturated carbocycles. The Labute approximate surface area is 141 Å². The second-order valence-electron chi connectivity index (χ2n) is 6.41. The molecule has 4 rings (SSSR count). The Morgan fingerprint density at radius 1 is 1.08 bits per heavy atom. The number of benzene rings is 2. The van der Waals surface area contributed by atoms with Crippen LogP contribution in [0.2, 0.25) is 0 Å². The van der Waals surface area contributed by atoms with Crippen LogP contribution in [0, 0.1) is 6.92 Å². The summed E-state index contributed by atoms with van der Waals surface area (Å²) in [6, 6.07) is 14.4. The largest absolute Gasteiger partial charge is 0.494 e. The number of aromatic nitrogens is 1. The van der Waals surface area contributed by atoms with Crippen LogP contribution in [0.15, 0.2) is 47.5 Å². The van der Waals surface area contributed by atoms with Gasteiger partial charge in [0.15, 0.2) is 5.88 Å². The van der Waals surface area contributed by atoms with Gasteiger partial charge in [0.05, 0.1) is 11.3 Å². The van der Waals surface area contributed by atoms with Gasteiger partial charge in [-0.1, -0.05) is 12.1 Å². The van der Waals surface area contributed by atoms with Crippen LogP contribution in [-0.4, -0.2) is 29.4 Å². The Hall–Kier alpha value is -2.75. The monoisotopic (exact) mass is 319 g/mol. The molecule has 2 aromatic carbocycles. The molecule has 1 aromatic heterocycles. The van der Waals surface area contributed by atoms with Gasteiger partial charge in [-0.05, 0) is 55.7 Å². The van der Waals surface area contributed by atoms with E-state index in [-0.39, 0.29) is 5.88 Å². The molecular formula is C20H21N3O. The molecule has 1 fully saturated rings. The van der Waals surface area contributed by atoms with E-state index in [1.807, 2.05) is 37.3 Å². The molecule has 0 unspecified atom stereocenters. The summed E-state index contributed by atoms with van der Waals surface area (Å²) >= 11 is 0. The van der Waals surface area contributed by atoms with Crippen molar-refractivity contribution < 1.29 is 5.11 Å². The summed E-state index contributed by atoms with van der Waals surface area (Å²) in [4.78, 5) is 9.94. The van der Waals surface area contributed by atoms with E-state index in [0.29, 0.717) is 0 Å². The van der Waals surface area contributed by atoms with Crippen molar-refractivity contribution in [1.29, 1.82) is 0 Å². The summed E-state index contributed by atoms with van der Waals surface area (Å²) in [5.74, 6) is 0.160. The van der Waals surface area contributed by atoms with E-state index >= 15 is 0 Å². The summed E-state index contributed by atoms with van der Waals surface area (Å²) in [7, 11) is 0. The van der Waals surface area contributed by atoms with Crippen LogP contribution in [-0.2, 0) is 0 Å². The van der Waals surface area contributed by atoms with Gasteiger partial charge in [-0.3, -0.25) is 4.99 Å². The van der Waals surface area contributed by atoms with Crippen LogP contribution < -0.4 is 4.90 Å². The van der Waals surface area contributed by atoms with Gasteiger partial charge in [0, 0.05) is 35.9 Å². The molecular weight excluding hydrogens is 298 g/mol. The molecule has 1 aliphatic heterocycles. The number of hydrogen-bond donors (Lipinski definition) is 2. The lowest BCUT2D eigenvalue weighted by Gasteiger charge is -2.17. The standard InChI is InChI=1S/C20H21N3O/c1-14-4-9-17-18(20(24)22-19(17)12-14)13-21-15-5-7-16(8-6-15)23-10-2-3-11-23/h4-9,12-13,22,24H,2-3,10-11H2,1H3. The predicted octanol–water partition coefficient (Wildman–Crippen LogP) is 4.53. The van der Waals surface area contributed by atoms with Gasteiger partial charge in [0.2, 0.25) is 0 Å². The van der Waals surface area contributed by atoms with E-state index in [1.165, 1.54) is 18.5 Å². The molecule has 24 heavy (non-hydrogen) atoms. The third-order valence-corrected chi connectivity index (χ3v) is 4.64. The predicted molar refractivity (Wildman–Crippen MR) is 99.8 cm³/mol. The number of hydrogen-bond acceptors (Lipinski definition) is 3. The molecule has 4 heteroatoms. The Morgan fingerprint density at radius 2 is 1.83 bits per heavy atom. The van der Waals surface area contributed by atoms with Gasteiger partial charge < -0.3 is 15.0 Å². The number of rotatable bonds is 3. The second-order valence-corrected chi connectivity index (χ2v) is 6.41. The van der Waals surface area contributed by atoms with Crippen molar-refractivity contribution in [2.45, 2.75) is 19.8 Å². The zero-order chi connectivity index (χ0) is 16.5. The summed E-state index contributed by atoms with van der Waals surface area (Å²) in [5.41, 5.74) is 4.97. The minimum atomic E-state index is 0.160. The maximum Gasteiger partial charge on any atom is 0.198 e. The SMILES string of the molecule is Cc1ccc2c(C=Nc3ccc(N4CCCC4)cc3)c(O)[nH]c2c1. The quantitative estimate of drug-likeness (QED) is 0.697. The fourth-order valence-electron chi connectivity index (χ4n) is 3.31. The molecule has 1 saturated heterocycles. The third-order valence-electron chi connectivity index (χ3n) is 4.64. The molecule has 1 aliphatic rings. The molecule has 0 bridgehead atoms. The van der Waals surface area contributed by atoms with Crippen LogP contribution >= 0.6 is 0 Å². The van der Waals surface area contributed by atoms with Crippen LogP contribution in [0.25, 0.3) is 10.9 Å². The summed E-state index contributed by atoms with van der Waals surface area (Å²) in [6.45, 7) is 4.32. The van der Waals surface area contributed by atoms with Gasteiger partial charge >= 0.3 is 0 Å². The van der Waals surface area contributed by atoms with Gasteiger partial charge in [0.25, 0.3) is 0 Å². The summed E-state index contributed by atoms with van der Waals surface area (Å²) in [6.07, 6.45) is 4.28. The maximum atomic E-state index is 10.1. The van der Waals surface area contributed by atoms with E-state index in [0.717, 1.165) is 40.8 Å². The number of aryl methyl sites for hydroxylation is 1. The topological polar surface area (TPSA) is 51.6 Å². The van der Waals surface area contributed by atoms with Crippen molar-refractivity contribution >= 4 is 28.5 Å². The molecule has 0 amide bonds. The van der Waals surface area contributed by atoms with E-state index < -0.39 is 0 Å². The third kappa shape index (κ3) is 2.75. The highest BCUT2D eigenvalue weighted by Gasteiger charge is 2.12. The molecule has 122 valence electrons. The fraction of sp³-hybridized carbons (Fsp3) is 0.250. The smallest absolute Gasteiger partial charge is 0.198 e. The van der Waals surface area contributed by atoms with E-state index in [4.69, 9.17) is 0 Å². The summed E-state index contributed by atoms with van der Waals surface area (Å²) < 4.78 is 0. The van der Waals surface area contributed by atoms with Gasteiger partial charge in [-0.15, -0.1) is 0 Å². The van der Waals surface area contributed by atoms with Crippen LogP contribution in [0.1, 0.15) is 24.0 Å². The van der Waals surface area contributed by atoms with Crippen LogP contribution in [0.5, 0.6) is 5.88 Å². The van der Waals surface area contributed by atoms with Crippen LogP contribution in [0.3, 0.4) is 0 Å². The second kappa shape index (κ2) is 6.04. The van der Waals surface area contributed by atoms with Crippen molar-refractivity contribution in [3.05, 3.63) is 53.6 Å². The zero-order valence-electron chi connectivity index (χ0n) is 13.8. The Bertz CT molecular complexity index is 887. The van der Waals surface area contributed by atoms with Crippen molar-refractivity contribution in [2.75, 3.05) is 18.0 Å². The van der Waals surface area contributed by atoms with Crippen molar-refractivity contribution in [2.24, 2.45) is 4.99 Å². The highest BCUT2D eigenvalue weighted by atomic mass is 16.3. The molecule has 0 radical (unpaired) electrons. The minimum absolute atomic E-state index is 0.160. The first-order valence-electron chi connectivity index (χ1n) is 8.41. The molecule has 4 nitrogen and oxygen atoms in total. The minimum Gasteiger partial charge on any atom is -0.494 e. The van der Waals surface area contributed by atoms with Crippen LogP contribution in [0.4, 0.5) is 11.4 Å². The Morgan fingerprint density at radius 3 is 2.58 bits per heavy atom. The first-order chi connectivity index (χ1) is 11.7. The van der Waals surface area contributed by atoms with Gasteiger partial charge in [-0.2, -0.15) is 0 Å². The van der Waals surface area contributed by atoms with Crippen molar-refractivity contribution in [3.63, 3.8) is 0 Å². The lowest BCUT2D eigenvalue weighted by molar-refractivity contribution is 0.457. The van der Waals surface area contributed by atoms with E-state index in [9.17, 15) is 5.11 Å². The number of aromatic amines is 1. The molecule has 2 heterocycles. The number of aromatic hydroxyl groups is 1. The number of H-pyrrole nitrogens is 1. The van der Waals surface area contributed by atoms with Crippen molar-refractivity contribution in [3.8, 4) is 5.88 Å². The Kier molecular flexibility index (Phi) is 3.73. The van der Waals surface area contributed by atoms with E-state index in [1.54, 1.807) is 6.21 Å².